The van der Waals surface area contributed by atoms with Crippen molar-refractivity contribution in [1.82, 2.24) is 5.32 Å². The smallest absolute Gasteiger partial charge is 0.224 e. The number of hydrogen-bond donors (Lipinski definition) is 2. The van der Waals surface area contributed by atoms with Crippen LogP contribution in [0, 0.1) is 6.92 Å². The summed E-state index contributed by atoms with van der Waals surface area (Å²) in [7, 11) is 0. The van der Waals surface area contributed by atoms with Gasteiger partial charge >= 0.3 is 0 Å². The highest BCUT2D eigenvalue weighted by Crippen LogP contribution is 2.21. The molecule has 0 radical (unpaired) electrons. The van der Waals surface area contributed by atoms with Crippen LogP contribution >= 0.6 is 11.6 Å². The van der Waals surface area contributed by atoms with E-state index in [0.29, 0.717) is 36.6 Å². The minimum Gasteiger partial charge on any atom is -0.494 e. The van der Waals surface area contributed by atoms with E-state index in [-0.39, 0.29) is 17.9 Å². The van der Waals surface area contributed by atoms with Gasteiger partial charge in [-0.25, -0.2) is 0 Å². The first-order valence-electron chi connectivity index (χ1n) is 9.40. The lowest BCUT2D eigenvalue weighted by molar-refractivity contribution is -0.121. The van der Waals surface area contributed by atoms with Gasteiger partial charge in [0.2, 0.25) is 11.8 Å². The average Bonchev–Trinajstić information content (AvgIpc) is 2.62. The number of nitrogens with one attached hydrogen (secondary N) is 2. The number of aryl methyl sites for hydroxylation is 1. The van der Waals surface area contributed by atoms with Gasteiger partial charge in [-0.1, -0.05) is 23.7 Å². The summed E-state index contributed by atoms with van der Waals surface area (Å²) in [6.45, 7) is 6.24. The SMILES string of the molecule is Cc1cc(OCCCC(=O)Nc2ccc(CC(=O)NC(C)C)cc2)ccc1Cl. The van der Waals surface area contributed by atoms with Crippen LogP contribution in [0.15, 0.2) is 42.5 Å². The van der Waals surface area contributed by atoms with Crippen LogP contribution in [-0.2, 0) is 16.0 Å². The Balaban J connectivity index is 1.70. The van der Waals surface area contributed by atoms with Crippen molar-refractivity contribution in [2.24, 2.45) is 0 Å². The summed E-state index contributed by atoms with van der Waals surface area (Å²) in [6.07, 6.45) is 1.31. The third-order valence-corrected chi connectivity index (χ3v) is 4.42. The highest BCUT2D eigenvalue weighted by Gasteiger charge is 2.07. The Morgan fingerprint density at radius 1 is 1.07 bits per heavy atom. The Hall–Kier alpha value is -2.53. The molecule has 2 aromatic carbocycles. The summed E-state index contributed by atoms with van der Waals surface area (Å²) in [5.74, 6) is 0.670. The number of rotatable bonds is 9. The standard InChI is InChI=1S/C22H27ClN2O3/c1-15(2)24-22(27)14-17-6-8-18(9-7-17)25-21(26)5-4-12-28-19-10-11-20(23)16(3)13-19/h6-11,13,15H,4-5,12,14H2,1-3H3,(H,24,27)(H,25,26). The molecule has 0 unspecified atom stereocenters. The van der Waals surface area contributed by atoms with Crippen LogP contribution in [0.25, 0.3) is 0 Å². The molecule has 0 atom stereocenters. The molecule has 0 aliphatic rings. The molecule has 150 valence electrons. The molecule has 2 N–H and O–H groups in total. The predicted molar refractivity (Wildman–Crippen MR) is 113 cm³/mol. The molecule has 0 aromatic heterocycles. The second-order valence-electron chi connectivity index (χ2n) is 7.01. The van der Waals surface area contributed by atoms with Gasteiger partial charge in [-0.05, 0) is 68.7 Å². The van der Waals surface area contributed by atoms with Crippen molar-refractivity contribution in [3.05, 3.63) is 58.6 Å². The lowest BCUT2D eigenvalue weighted by Gasteiger charge is -2.10. The fourth-order valence-corrected chi connectivity index (χ4v) is 2.74. The monoisotopic (exact) mass is 402 g/mol. The Labute approximate surface area is 171 Å². The van der Waals surface area contributed by atoms with E-state index in [9.17, 15) is 9.59 Å². The van der Waals surface area contributed by atoms with Crippen molar-refractivity contribution in [3.8, 4) is 5.75 Å². The van der Waals surface area contributed by atoms with E-state index >= 15 is 0 Å². The molecule has 2 amide bonds. The molecular formula is C22H27ClN2O3. The number of halogens is 1. The van der Waals surface area contributed by atoms with Crippen molar-refractivity contribution in [1.29, 1.82) is 0 Å². The van der Waals surface area contributed by atoms with E-state index in [1.165, 1.54) is 0 Å². The third kappa shape index (κ3) is 7.61. The van der Waals surface area contributed by atoms with Gasteiger partial charge in [0.15, 0.2) is 0 Å². The first-order valence-corrected chi connectivity index (χ1v) is 9.78. The van der Waals surface area contributed by atoms with Crippen LogP contribution < -0.4 is 15.4 Å². The topological polar surface area (TPSA) is 67.4 Å². The zero-order valence-corrected chi connectivity index (χ0v) is 17.3. The fraction of sp³-hybridized carbons (Fsp3) is 0.364. The molecule has 2 rings (SSSR count). The van der Waals surface area contributed by atoms with Crippen LogP contribution in [0.1, 0.15) is 37.8 Å². The van der Waals surface area contributed by atoms with Crippen molar-refractivity contribution in [2.45, 2.75) is 46.1 Å². The van der Waals surface area contributed by atoms with E-state index in [1.807, 2.05) is 57.2 Å². The normalized spacial score (nSPS) is 10.6. The number of anilines is 1. The van der Waals surface area contributed by atoms with Crippen molar-refractivity contribution in [3.63, 3.8) is 0 Å². The lowest BCUT2D eigenvalue weighted by Crippen LogP contribution is -2.31. The molecule has 28 heavy (non-hydrogen) atoms. The molecule has 0 fully saturated rings. The molecule has 2 aromatic rings. The Morgan fingerprint density at radius 2 is 1.79 bits per heavy atom. The zero-order valence-electron chi connectivity index (χ0n) is 16.5. The molecule has 0 aliphatic carbocycles. The van der Waals surface area contributed by atoms with Crippen LogP contribution in [0.4, 0.5) is 5.69 Å². The highest BCUT2D eigenvalue weighted by atomic mass is 35.5. The van der Waals surface area contributed by atoms with Crippen LogP contribution in [0.2, 0.25) is 5.02 Å². The van der Waals surface area contributed by atoms with Gasteiger partial charge in [-0.3, -0.25) is 9.59 Å². The largest absolute Gasteiger partial charge is 0.494 e. The molecule has 0 saturated carbocycles. The predicted octanol–water partition coefficient (Wildman–Crippen LogP) is 4.51. The third-order valence-electron chi connectivity index (χ3n) is 4.00. The van der Waals surface area contributed by atoms with Gasteiger partial charge in [0.25, 0.3) is 0 Å². The van der Waals surface area contributed by atoms with E-state index in [1.54, 1.807) is 6.07 Å². The maximum absolute atomic E-state index is 12.1. The van der Waals surface area contributed by atoms with Crippen molar-refractivity contribution < 1.29 is 14.3 Å². The number of ether oxygens (including phenoxy) is 1. The number of carbonyl (C=O) groups is 2. The summed E-state index contributed by atoms with van der Waals surface area (Å²) < 4.78 is 5.65. The number of amides is 2. The summed E-state index contributed by atoms with van der Waals surface area (Å²) in [4.78, 5) is 23.8. The number of carbonyl (C=O) groups excluding carboxylic acids is 2. The quantitative estimate of drug-likeness (QED) is 0.606. The van der Waals surface area contributed by atoms with E-state index in [0.717, 1.165) is 16.9 Å². The van der Waals surface area contributed by atoms with Crippen LogP contribution in [0.5, 0.6) is 5.75 Å². The Bertz CT molecular complexity index is 804. The van der Waals surface area contributed by atoms with Gasteiger partial charge in [-0.15, -0.1) is 0 Å². The lowest BCUT2D eigenvalue weighted by atomic mass is 10.1. The number of benzene rings is 2. The van der Waals surface area contributed by atoms with E-state index < -0.39 is 0 Å². The molecule has 0 bridgehead atoms. The summed E-state index contributed by atoms with van der Waals surface area (Å²) in [6, 6.07) is 12.9. The van der Waals surface area contributed by atoms with Gasteiger partial charge in [0.1, 0.15) is 5.75 Å². The van der Waals surface area contributed by atoms with Gasteiger partial charge in [0.05, 0.1) is 13.0 Å². The second-order valence-corrected chi connectivity index (χ2v) is 7.41. The molecule has 0 heterocycles. The average molecular weight is 403 g/mol. The summed E-state index contributed by atoms with van der Waals surface area (Å²) in [5.41, 5.74) is 2.58. The molecule has 5 nitrogen and oxygen atoms in total. The zero-order chi connectivity index (χ0) is 20.5. The Kier molecular flexibility index (Phi) is 8.33. The summed E-state index contributed by atoms with van der Waals surface area (Å²) >= 11 is 5.99. The molecule has 0 aliphatic heterocycles. The molecule has 0 spiro atoms. The fourth-order valence-electron chi connectivity index (χ4n) is 2.62. The molecular weight excluding hydrogens is 376 g/mol. The van der Waals surface area contributed by atoms with Gasteiger partial charge < -0.3 is 15.4 Å². The molecule has 6 heteroatoms. The second kappa shape index (κ2) is 10.7. The maximum atomic E-state index is 12.1. The van der Waals surface area contributed by atoms with Gasteiger partial charge in [0, 0.05) is 23.2 Å². The minimum atomic E-state index is -0.0683. The number of hydrogen-bond acceptors (Lipinski definition) is 3. The maximum Gasteiger partial charge on any atom is 0.224 e. The van der Waals surface area contributed by atoms with E-state index in [4.69, 9.17) is 16.3 Å². The van der Waals surface area contributed by atoms with Crippen LogP contribution in [-0.4, -0.2) is 24.5 Å². The van der Waals surface area contributed by atoms with Crippen molar-refractivity contribution >= 4 is 29.1 Å². The van der Waals surface area contributed by atoms with E-state index in [2.05, 4.69) is 10.6 Å². The Morgan fingerprint density at radius 3 is 2.43 bits per heavy atom. The van der Waals surface area contributed by atoms with Gasteiger partial charge in [-0.2, -0.15) is 0 Å². The first-order chi connectivity index (χ1) is 13.3. The molecule has 0 saturated heterocycles. The van der Waals surface area contributed by atoms with Crippen LogP contribution in [0.3, 0.4) is 0 Å². The summed E-state index contributed by atoms with van der Waals surface area (Å²) in [5, 5.41) is 6.42. The minimum absolute atomic E-state index is 0.0114. The van der Waals surface area contributed by atoms with Crippen molar-refractivity contribution in [2.75, 3.05) is 11.9 Å². The highest BCUT2D eigenvalue weighted by molar-refractivity contribution is 6.31. The first kappa shape index (κ1) is 21.8.